The summed E-state index contributed by atoms with van der Waals surface area (Å²) in [4.78, 5) is 24.5. The quantitative estimate of drug-likeness (QED) is 0.692. The third-order valence-corrected chi connectivity index (χ3v) is 3.79. The van der Waals surface area contributed by atoms with Crippen molar-refractivity contribution in [3.63, 3.8) is 0 Å². The average Bonchev–Trinajstić information content (AvgIpc) is 3.23. The molecule has 27 heavy (non-hydrogen) atoms. The largest absolute Gasteiger partial charge is 0.493 e. The highest BCUT2D eigenvalue weighted by atomic mass is 16.5. The summed E-state index contributed by atoms with van der Waals surface area (Å²) in [5.41, 5.74) is 1.50. The zero-order chi connectivity index (χ0) is 19.2. The van der Waals surface area contributed by atoms with Gasteiger partial charge in [-0.15, -0.1) is 0 Å². The first-order valence-corrected chi connectivity index (χ1v) is 8.09. The van der Waals surface area contributed by atoms with Crippen molar-refractivity contribution >= 4 is 23.2 Å². The van der Waals surface area contributed by atoms with E-state index < -0.39 is 0 Å². The van der Waals surface area contributed by atoms with Crippen LogP contribution in [0.25, 0.3) is 0 Å². The first-order valence-electron chi connectivity index (χ1n) is 8.09. The number of hydrogen-bond acceptors (Lipinski definition) is 5. The van der Waals surface area contributed by atoms with E-state index >= 15 is 0 Å². The number of benzene rings is 2. The Labute approximate surface area is 155 Å². The second-order valence-corrected chi connectivity index (χ2v) is 5.50. The summed E-state index contributed by atoms with van der Waals surface area (Å²) in [7, 11) is 2.99. The van der Waals surface area contributed by atoms with E-state index in [0.717, 1.165) is 0 Å². The molecule has 2 amide bonds. The molecule has 7 nitrogen and oxygen atoms in total. The lowest BCUT2D eigenvalue weighted by Gasteiger charge is -2.13. The molecule has 1 aromatic heterocycles. The van der Waals surface area contributed by atoms with E-state index in [1.165, 1.54) is 20.5 Å². The highest BCUT2D eigenvalue weighted by Crippen LogP contribution is 2.31. The molecule has 0 radical (unpaired) electrons. The molecule has 0 unspecified atom stereocenters. The van der Waals surface area contributed by atoms with Gasteiger partial charge in [-0.1, -0.05) is 6.07 Å². The number of furan rings is 1. The van der Waals surface area contributed by atoms with Gasteiger partial charge >= 0.3 is 0 Å². The number of anilines is 2. The van der Waals surface area contributed by atoms with Gasteiger partial charge in [0.2, 0.25) is 0 Å². The number of carbonyl (C=O) groups excluding carboxylic acids is 2. The van der Waals surface area contributed by atoms with Gasteiger partial charge in [-0.05, 0) is 48.5 Å². The summed E-state index contributed by atoms with van der Waals surface area (Å²) in [5, 5.41) is 5.49. The van der Waals surface area contributed by atoms with Gasteiger partial charge in [0.15, 0.2) is 17.3 Å². The molecule has 0 aliphatic carbocycles. The van der Waals surface area contributed by atoms with Gasteiger partial charge in [0.25, 0.3) is 11.8 Å². The molecule has 0 spiro atoms. The molecule has 1 heterocycles. The standard InChI is InChI=1S/C20H18N2O5/c1-25-16-6-3-5-15(18(16)26-2)19(23)21-13-8-10-14(11-9-13)22-20(24)17-7-4-12-27-17/h3-12H,1-2H3,(H,21,23)(H,22,24). The van der Waals surface area contributed by atoms with Gasteiger partial charge in [-0.25, -0.2) is 0 Å². The molecule has 3 aromatic rings. The second-order valence-electron chi connectivity index (χ2n) is 5.50. The number of para-hydroxylation sites is 1. The number of methoxy groups -OCH3 is 2. The molecule has 0 atom stereocenters. The highest BCUT2D eigenvalue weighted by Gasteiger charge is 2.16. The molecule has 0 bridgehead atoms. The molecule has 0 saturated heterocycles. The Kier molecular flexibility index (Phi) is 5.41. The van der Waals surface area contributed by atoms with Crippen LogP contribution in [0.2, 0.25) is 0 Å². The smallest absolute Gasteiger partial charge is 0.291 e. The van der Waals surface area contributed by atoms with Crippen LogP contribution in [0, 0.1) is 0 Å². The molecular weight excluding hydrogens is 348 g/mol. The monoisotopic (exact) mass is 366 g/mol. The number of carbonyl (C=O) groups is 2. The Morgan fingerprint density at radius 2 is 1.48 bits per heavy atom. The van der Waals surface area contributed by atoms with E-state index in [4.69, 9.17) is 13.9 Å². The molecule has 0 aliphatic heterocycles. The van der Waals surface area contributed by atoms with E-state index in [1.807, 2.05) is 0 Å². The number of rotatable bonds is 6. The third-order valence-electron chi connectivity index (χ3n) is 3.79. The summed E-state index contributed by atoms with van der Waals surface area (Å²) < 4.78 is 15.5. The Morgan fingerprint density at radius 1 is 0.815 bits per heavy atom. The van der Waals surface area contributed by atoms with Gasteiger partial charge < -0.3 is 24.5 Å². The van der Waals surface area contributed by atoms with E-state index in [1.54, 1.807) is 54.6 Å². The Morgan fingerprint density at radius 3 is 2.04 bits per heavy atom. The van der Waals surface area contributed by atoms with Crippen LogP contribution in [0.4, 0.5) is 11.4 Å². The number of amides is 2. The zero-order valence-electron chi connectivity index (χ0n) is 14.8. The van der Waals surface area contributed by atoms with Crippen LogP contribution in [0.5, 0.6) is 11.5 Å². The number of hydrogen-bond donors (Lipinski definition) is 2. The lowest BCUT2D eigenvalue weighted by Crippen LogP contribution is -2.14. The zero-order valence-corrected chi connectivity index (χ0v) is 14.8. The fourth-order valence-corrected chi connectivity index (χ4v) is 2.50. The normalized spacial score (nSPS) is 10.1. The molecule has 2 aromatic carbocycles. The third kappa shape index (κ3) is 4.09. The summed E-state index contributed by atoms with van der Waals surface area (Å²) >= 11 is 0. The fourth-order valence-electron chi connectivity index (χ4n) is 2.50. The van der Waals surface area contributed by atoms with Crippen molar-refractivity contribution in [3.05, 3.63) is 72.2 Å². The molecule has 2 N–H and O–H groups in total. The van der Waals surface area contributed by atoms with Crippen LogP contribution < -0.4 is 20.1 Å². The Hall–Kier alpha value is -3.74. The number of nitrogens with one attached hydrogen (secondary N) is 2. The topological polar surface area (TPSA) is 89.8 Å². The van der Waals surface area contributed by atoms with Gasteiger partial charge in [0, 0.05) is 11.4 Å². The van der Waals surface area contributed by atoms with Crippen molar-refractivity contribution in [1.82, 2.24) is 0 Å². The average molecular weight is 366 g/mol. The molecule has 138 valence electrons. The molecule has 3 rings (SSSR count). The minimum Gasteiger partial charge on any atom is -0.493 e. The summed E-state index contributed by atoms with van der Waals surface area (Å²) in [6, 6.07) is 15.0. The van der Waals surface area contributed by atoms with Crippen molar-refractivity contribution < 1.29 is 23.5 Å². The van der Waals surface area contributed by atoms with Crippen LogP contribution in [0.15, 0.2) is 65.3 Å². The fraction of sp³-hybridized carbons (Fsp3) is 0.100. The minimum absolute atomic E-state index is 0.220. The summed E-state index contributed by atoms with van der Waals surface area (Å²) in [6.07, 6.45) is 1.43. The van der Waals surface area contributed by atoms with E-state index in [-0.39, 0.29) is 17.6 Å². The highest BCUT2D eigenvalue weighted by molar-refractivity contribution is 6.07. The first kappa shape index (κ1) is 18.1. The van der Waals surface area contributed by atoms with E-state index in [0.29, 0.717) is 28.4 Å². The molecule has 0 aliphatic rings. The summed E-state index contributed by atoms with van der Waals surface area (Å²) in [6.45, 7) is 0. The van der Waals surface area contributed by atoms with Gasteiger partial charge in [0.05, 0.1) is 26.0 Å². The SMILES string of the molecule is COc1cccc(C(=O)Nc2ccc(NC(=O)c3ccco3)cc2)c1OC. The van der Waals surface area contributed by atoms with Crippen LogP contribution >= 0.6 is 0 Å². The van der Waals surface area contributed by atoms with Gasteiger partial charge in [-0.2, -0.15) is 0 Å². The Bertz CT molecular complexity index is 934. The van der Waals surface area contributed by atoms with Crippen molar-refractivity contribution in [2.45, 2.75) is 0 Å². The predicted molar refractivity (Wildman–Crippen MR) is 101 cm³/mol. The van der Waals surface area contributed by atoms with Crippen LogP contribution in [0.3, 0.4) is 0 Å². The van der Waals surface area contributed by atoms with E-state index in [9.17, 15) is 9.59 Å². The van der Waals surface area contributed by atoms with Crippen molar-refractivity contribution in [2.75, 3.05) is 24.9 Å². The molecule has 7 heteroatoms. The maximum Gasteiger partial charge on any atom is 0.291 e. The van der Waals surface area contributed by atoms with Crippen LogP contribution in [-0.4, -0.2) is 26.0 Å². The maximum absolute atomic E-state index is 12.6. The van der Waals surface area contributed by atoms with Crippen LogP contribution in [-0.2, 0) is 0 Å². The lowest BCUT2D eigenvalue weighted by molar-refractivity contribution is 0.0994. The lowest BCUT2D eigenvalue weighted by atomic mass is 10.1. The predicted octanol–water partition coefficient (Wildman–Crippen LogP) is 3.80. The Balaban J connectivity index is 1.70. The molecule has 0 fully saturated rings. The van der Waals surface area contributed by atoms with Crippen molar-refractivity contribution in [2.24, 2.45) is 0 Å². The number of ether oxygens (including phenoxy) is 2. The van der Waals surface area contributed by atoms with Gasteiger partial charge in [-0.3, -0.25) is 9.59 Å². The summed E-state index contributed by atoms with van der Waals surface area (Å²) in [5.74, 6) is 0.370. The first-order chi connectivity index (χ1) is 13.1. The van der Waals surface area contributed by atoms with Crippen LogP contribution in [0.1, 0.15) is 20.9 Å². The van der Waals surface area contributed by atoms with Crippen molar-refractivity contribution in [3.8, 4) is 11.5 Å². The molecular formula is C20H18N2O5. The van der Waals surface area contributed by atoms with Gasteiger partial charge in [0.1, 0.15) is 0 Å². The van der Waals surface area contributed by atoms with Crippen molar-refractivity contribution in [1.29, 1.82) is 0 Å². The minimum atomic E-state index is -0.349. The van der Waals surface area contributed by atoms with E-state index in [2.05, 4.69) is 10.6 Å². The molecule has 0 saturated carbocycles. The second kappa shape index (κ2) is 8.09. The maximum atomic E-state index is 12.6.